The van der Waals surface area contributed by atoms with Gasteiger partial charge in [-0.1, -0.05) is 124 Å². The van der Waals surface area contributed by atoms with E-state index in [0.29, 0.717) is 0 Å². The Hall–Kier alpha value is -0.260. The third-order valence-electron chi connectivity index (χ3n) is 4.57. The number of unbranched alkanes of at least 4 members (excludes halogenated alkanes) is 10. The first kappa shape index (κ1) is 25.0. The first-order valence-corrected chi connectivity index (χ1v) is 10.9. The highest BCUT2D eigenvalue weighted by molar-refractivity contribution is 4.95. The molecule has 0 aromatic rings. The van der Waals surface area contributed by atoms with Gasteiger partial charge in [0.05, 0.1) is 0 Å². The molecular formula is C23H48. The molecule has 0 rings (SSSR count). The van der Waals surface area contributed by atoms with Gasteiger partial charge in [0.15, 0.2) is 0 Å². The van der Waals surface area contributed by atoms with Crippen molar-refractivity contribution in [1.29, 1.82) is 0 Å². The van der Waals surface area contributed by atoms with E-state index in [2.05, 4.69) is 27.4 Å². The van der Waals surface area contributed by atoms with Gasteiger partial charge in [0.1, 0.15) is 0 Å². The zero-order valence-electron chi connectivity index (χ0n) is 17.4. The standard InChI is InChI=1S/C21H42.C2H6/c1-5-7-9-11-13-15-17-20(3)19-21(4)18-16-14-12-10-8-6-2;1-2/h21H,3,5-19H2,1-2,4H3;1-2H3. The summed E-state index contributed by atoms with van der Waals surface area (Å²) in [6.45, 7) is 15.3. The van der Waals surface area contributed by atoms with Gasteiger partial charge in [-0.05, 0) is 25.2 Å². The summed E-state index contributed by atoms with van der Waals surface area (Å²) in [6.07, 6.45) is 20.9. The molecule has 0 amide bonds. The Morgan fingerprint density at radius 2 is 1.13 bits per heavy atom. The smallest absolute Gasteiger partial charge is 0.0297 e. The molecule has 0 heterocycles. The molecule has 1 unspecified atom stereocenters. The zero-order chi connectivity index (χ0) is 17.8. The Bertz CT molecular complexity index is 216. The summed E-state index contributed by atoms with van der Waals surface area (Å²) in [6, 6.07) is 0. The highest BCUT2D eigenvalue weighted by Gasteiger charge is 2.04. The monoisotopic (exact) mass is 324 g/mol. The van der Waals surface area contributed by atoms with Crippen LogP contribution >= 0.6 is 0 Å². The van der Waals surface area contributed by atoms with E-state index in [-0.39, 0.29) is 0 Å². The second-order valence-electron chi connectivity index (χ2n) is 7.13. The lowest BCUT2D eigenvalue weighted by atomic mass is 9.93. The first-order valence-electron chi connectivity index (χ1n) is 10.9. The summed E-state index contributed by atoms with van der Waals surface area (Å²) in [7, 11) is 0. The molecular weight excluding hydrogens is 276 g/mol. The third-order valence-corrected chi connectivity index (χ3v) is 4.57. The van der Waals surface area contributed by atoms with Crippen LogP contribution in [0.2, 0.25) is 0 Å². The van der Waals surface area contributed by atoms with Crippen molar-refractivity contribution in [2.75, 3.05) is 0 Å². The fraction of sp³-hybridized carbons (Fsp3) is 0.913. The van der Waals surface area contributed by atoms with E-state index >= 15 is 0 Å². The van der Waals surface area contributed by atoms with Crippen LogP contribution in [0.5, 0.6) is 0 Å². The molecule has 0 saturated heterocycles. The van der Waals surface area contributed by atoms with Gasteiger partial charge in [0.2, 0.25) is 0 Å². The summed E-state index contributed by atoms with van der Waals surface area (Å²) in [5.41, 5.74) is 1.50. The van der Waals surface area contributed by atoms with E-state index in [1.807, 2.05) is 13.8 Å². The Kier molecular flexibility index (Phi) is 23.6. The average molecular weight is 325 g/mol. The molecule has 140 valence electrons. The Morgan fingerprint density at radius 3 is 1.65 bits per heavy atom. The molecule has 0 aliphatic heterocycles. The van der Waals surface area contributed by atoms with Crippen molar-refractivity contribution in [3.63, 3.8) is 0 Å². The molecule has 1 atom stereocenters. The highest BCUT2D eigenvalue weighted by Crippen LogP contribution is 2.21. The zero-order valence-corrected chi connectivity index (χ0v) is 17.4. The van der Waals surface area contributed by atoms with Crippen LogP contribution in [0.15, 0.2) is 12.2 Å². The van der Waals surface area contributed by atoms with Crippen molar-refractivity contribution in [1.82, 2.24) is 0 Å². The van der Waals surface area contributed by atoms with E-state index in [9.17, 15) is 0 Å². The van der Waals surface area contributed by atoms with Crippen molar-refractivity contribution < 1.29 is 0 Å². The van der Waals surface area contributed by atoms with Crippen LogP contribution in [0.3, 0.4) is 0 Å². The van der Waals surface area contributed by atoms with E-state index in [0.717, 1.165) is 5.92 Å². The van der Waals surface area contributed by atoms with E-state index in [4.69, 9.17) is 0 Å². The molecule has 0 aromatic carbocycles. The van der Waals surface area contributed by atoms with Gasteiger partial charge in [0, 0.05) is 0 Å². The van der Waals surface area contributed by atoms with Gasteiger partial charge in [-0.2, -0.15) is 0 Å². The predicted molar refractivity (Wildman–Crippen MR) is 110 cm³/mol. The van der Waals surface area contributed by atoms with E-state index in [1.165, 1.54) is 102 Å². The maximum atomic E-state index is 4.30. The number of hydrogen-bond donors (Lipinski definition) is 0. The molecule has 0 fully saturated rings. The second kappa shape index (κ2) is 21.7. The van der Waals surface area contributed by atoms with Crippen LogP contribution in [0.4, 0.5) is 0 Å². The van der Waals surface area contributed by atoms with Crippen LogP contribution in [-0.4, -0.2) is 0 Å². The Labute approximate surface area is 149 Å². The van der Waals surface area contributed by atoms with Crippen molar-refractivity contribution in [3.8, 4) is 0 Å². The summed E-state index contributed by atoms with van der Waals surface area (Å²) >= 11 is 0. The summed E-state index contributed by atoms with van der Waals surface area (Å²) in [5.74, 6) is 0.851. The maximum absolute atomic E-state index is 4.30. The van der Waals surface area contributed by atoms with Crippen molar-refractivity contribution in [2.45, 2.75) is 131 Å². The normalized spacial score (nSPS) is 11.7. The molecule has 0 bridgehead atoms. The topological polar surface area (TPSA) is 0 Å². The molecule has 23 heavy (non-hydrogen) atoms. The molecule has 0 spiro atoms. The molecule has 0 heteroatoms. The van der Waals surface area contributed by atoms with Crippen LogP contribution in [0.1, 0.15) is 131 Å². The quantitative estimate of drug-likeness (QED) is 0.196. The third kappa shape index (κ3) is 21.7. The SMILES string of the molecule is C=C(CCCCCCCC)CC(C)CCCCCCCC.CC. The molecule has 0 aromatic heterocycles. The lowest BCUT2D eigenvalue weighted by Crippen LogP contribution is -1.97. The van der Waals surface area contributed by atoms with Gasteiger partial charge in [0.25, 0.3) is 0 Å². The minimum atomic E-state index is 0.851. The summed E-state index contributed by atoms with van der Waals surface area (Å²) < 4.78 is 0. The summed E-state index contributed by atoms with van der Waals surface area (Å²) in [4.78, 5) is 0. The Morgan fingerprint density at radius 1 is 0.696 bits per heavy atom. The largest absolute Gasteiger partial charge is 0.0999 e. The molecule has 0 nitrogen and oxygen atoms in total. The highest BCUT2D eigenvalue weighted by atomic mass is 14.1. The van der Waals surface area contributed by atoms with Crippen LogP contribution < -0.4 is 0 Å². The van der Waals surface area contributed by atoms with Crippen LogP contribution in [0.25, 0.3) is 0 Å². The molecule has 0 radical (unpaired) electrons. The van der Waals surface area contributed by atoms with E-state index in [1.54, 1.807) is 0 Å². The number of hydrogen-bond acceptors (Lipinski definition) is 0. The van der Waals surface area contributed by atoms with Crippen LogP contribution in [0, 0.1) is 5.92 Å². The van der Waals surface area contributed by atoms with Crippen molar-refractivity contribution >= 4 is 0 Å². The van der Waals surface area contributed by atoms with Gasteiger partial charge in [-0.25, -0.2) is 0 Å². The minimum absolute atomic E-state index is 0.851. The fourth-order valence-electron chi connectivity index (χ4n) is 3.13. The van der Waals surface area contributed by atoms with Crippen molar-refractivity contribution in [2.24, 2.45) is 5.92 Å². The number of rotatable bonds is 16. The van der Waals surface area contributed by atoms with Gasteiger partial charge >= 0.3 is 0 Å². The maximum Gasteiger partial charge on any atom is -0.0297 e. The first-order chi connectivity index (χ1) is 11.2. The lowest BCUT2D eigenvalue weighted by Gasteiger charge is -2.13. The van der Waals surface area contributed by atoms with Gasteiger partial charge in [-0.15, -0.1) is 0 Å². The Balaban J connectivity index is 0. The molecule has 0 aliphatic rings. The second-order valence-corrected chi connectivity index (χ2v) is 7.13. The molecule has 0 saturated carbocycles. The van der Waals surface area contributed by atoms with Gasteiger partial charge < -0.3 is 0 Å². The molecule has 0 aliphatic carbocycles. The van der Waals surface area contributed by atoms with Crippen LogP contribution in [-0.2, 0) is 0 Å². The average Bonchev–Trinajstić information content (AvgIpc) is 2.56. The molecule has 0 N–H and O–H groups in total. The van der Waals surface area contributed by atoms with Crippen molar-refractivity contribution in [3.05, 3.63) is 12.2 Å². The summed E-state index contributed by atoms with van der Waals surface area (Å²) in [5, 5.41) is 0. The van der Waals surface area contributed by atoms with E-state index < -0.39 is 0 Å². The minimum Gasteiger partial charge on any atom is -0.0999 e. The fourth-order valence-corrected chi connectivity index (χ4v) is 3.13. The number of allylic oxidation sites excluding steroid dienone is 1. The van der Waals surface area contributed by atoms with Gasteiger partial charge in [-0.3, -0.25) is 0 Å². The predicted octanol–water partition coefficient (Wildman–Crippen LogP) is 9.10. The lowest BCUT2D eigenvalue weighted by molar-refractivity contribution is 0.473.